The van der Waals surface area contributed by atoms with E-state index < -0.39 is 0 Å². The lowest BCUT2D eigenvalue weighted by molar-refractivity contribution is 0.0949. The van der Waals surface area contributed by atoms with E-state index >= 15 is 0 Å². The van der Waals surface area contributed by atoms with Crippen molar-refractivity contribution in [2.75, 3.05) is 13.6 Å². The summed E-state index contributed by atoms with van der Waals surface area (Å²) >= 11 is 2.18. The number of aryl methyl sites for hydroxylation is 1. The molecule has 0 aliphatic rings. The van der Waals surface area contributed by atoms with Crippen LogP contribution in [0.2, 0.25) is 0 Å². The van der Waals surface area contributed by atoms with Gasteiger partial charge in [-0.05, 0) is 55.6 Å². The van der Waals surface area contributed by atoms with E-state index in [2.05, 4.69) is 33.2 Å². The van der Waals surface area contributed by atoms with Gasteiger partial charge in [-0.1, -0.05) is 11.6 Å². The molecule has 0 radical (unpaired) electrons. The Morgan fingerprint density at radius 2 is 2.19 bits per heavy atom. The van der Waals surface area contributed by atoms with Crippen LogP contribution in [0, 0.1) is 10.5 Å². The molecule has 2 N–H and O–H groups in total. The quantitative estimate of drug-likeness (QED) is 0.828. The topological polar surface area (TPSA) is 41.1 Å². The maximum Gasteiger partial charge on any atom is 0.252 e. The molecule has 3 nitrogen and oxygen atoms in total. The monoisotopic (exact) mass is 332 g/mol. The molecule has 1 atom stereocenters. The van der Waals surface area contributed by atoms with Crippen molar-refractivity contribution in [3.05, 3.63) is 32.9 Å². The van der Waals surface area contributed by atoms with Crippen molar-refractivity contribution in [1.82, 2.24) is 10.6 Å². The predicted molar refractivity (Wildman–Crippen MR) is 74.8 cm³/mol. The minimum Gasteiger partial charge on any atom is -0.350 e. The van der Waals surface area contributed by atoms with Crippen LogP contribution in [0.4, 0.5) is 0 Å². The molecule has 4 heteroatoms. The number of benzene rings is 1. The van der Waals surface area contributed by atoms with Crippen LogP contribution in [-0.4, -0.2) is 25.5 Å². The zero-order valence-electron chi connectivity index (χ0n) is 9.80. The fourth-order valence-corrected chi connectivity index (χ4v) is 1.84. The Morgan fingerprint density at radius 1 is 1.50 bits per heavy atom. The van der Waals surface area contributed by atoms with Gasteiger partial charge in [0.15, 0.2) is 0 Å². The van der Waals surface area contributed by atoms with Gasteiger partial charge in [0, 0.05) is 16.2 Å². The molecule has 0 aromatic heterocycles. The summed E-state index contributed by atoms with van der Waals surface area (Å²) in [6, 6.07) is 6.17. The fourth-order valence-electron chi connectivity index (χ4n) is 1.26. The highest BCUT2D eigenvalue weighted by molar-refractivity contribution is 14.1. The number of hydrogen-bond donors (Lipinski definition) is 2. The van der Waals surface area contributed by atoms with E-state index in [-0.39, 0.29) is 11.9 Å². The van der Waals surface area contributed by atoms with E-state index in [1.807, 2.05) is 39.1 Å². The van der Waals surface area contributed by atoms with E-state index in [1.54, 1.807) is 0 Å². The summed E-state index contributed by atoms with van der Waals surface area (Å²) in [6.45, 7) is 4.66. The highest BCUT2D eigenvalue weighted by Crippen LogP contribution is 2.13. The van der Waals surface area contributed by atoms with Crippen molar-refractivity contribution >= 4 is 28.5 Å². The second kappa shape index (κ2) is 6.20. The standard InChI is InChI=1S/C12H17IN2O/c1-8-4-5-11(13)10(6-8)12(16)15-7-9(2)14-3/h4-6,9,14H,7H2,1-3H3,(H,15,16). The molecule has 0 spiro atoms. The summed E-state index contributed by atoms with van der Waals surface area (Å²) in [5.41, 5.74) is 1.86. The lowest BCUT2D eigenvalue weighted by Crippen LogP contribution is -2.37. The average Bonchev–Trinajstić information content (AvgIpc) is 2.28. The van der Waals surface area contributed by atoms with Crippen molar-refractivity contribution in [2.24, 2.45) is 0 Å². The van der Waals surface area contributed by atoms with Gasteiger partial charge in [0.1, 0.15) is 0 Å². The molecule has 0 bridgehead atoms. The third-order valence-electron chi connectivity index (χ3n) is 2.43. The highest BCUT2D eigenvalue weighted by atomic mass is 127. The van der Waals surface area contributed by atoms with E-state index in [4.69, 9.17) is 0 Å². The molecule has 1 aromatic rings. The highest BCUT2D eigenvalue weighted by Gasteiger charge is 2.10. The number of hydrogen-bond acceptors (Lipinski definition) is 2. The van der Waals surface area contributed by atoms with Crippen LogP contribution >= 0.6 is 22.6 Å². The van der Waals surface area contributed by atoms with Crippen molar-refractivity contribution < 1.29 is 4.79 Å². The summed E-state index contributed by atoms with van der Waals surface area (Å²) in [4.78, 5) is 11.9. The molecule has 1 rings (SSSR count). The Kier molecular flexibility index (Phi) is 5.21. The van der Waals surface area contributed by atoms with Gasteiger partial charge < -0.3 is 10.6 Å². The number of rotatable bonds is 4. The maximum absolute atomic E-state index is 11.9. The van der Waals surface area contributed by atoms with Crippen LogP contribution in [0.5, 0.6) is 0 Å². The molecule has 1 unspecified atom stereocenters. The van der Waals surface area contributed by atoms with Crippen LogP contribution < -0.4 is 10.6 Å². The lowest BCUT2D eigenvalue weighted by Gasteiger charge is -2.12. The molecular formula is C12H17IN2O. The normalized spacial score (nSPS) is 12.2. The van der Waals surface area contributed by atoms with Gasteiger partial charge >= 0.3 is 0 Å². The molecule has 1 amide bonds. The molecule has 0 fully saturated rings. The number of carbonyl (C=O) groups is 1. The summed E-state index contributed by atoms with van der Waals surface area (Å²) < 4.78 is 0.984. The Balaban J connectivity index is 2.69. The SMILES string of the molecule is CNC(C)CNC(=O)c1cc(C)ccc1I. The minimum atomic E-state index is -0.00444. The predicted octanol–water partition coefficient (Wildman–Crippen LogP) is 1.94. The van der Waals surface area contributed by atoms with Crippen LogP contribution in [0.15, 0.2) is 18.2 Å². The van der Waals surface area contributed by atoms with Crippen molar-refractivity contribution in [1.29, 1.82) is 0 Å². The largest absolute Gasteiger partial charge is 0.350 e. The first-order chi connectivity index (χ1) is 7.54. The van der Waals surface area contributed by atoms with Gasteiger partial charge in [-0.25, -0.2) is 0 Å². The molecule has 0 aliphatic carbocycles. The van der Waals surface area contributed by atoms with E-state index in [1.165, 1.54) is 0 Å². The average molecular weight is 332 g/mol. The van der Waals surface area contributed by atoms with Gasteiger partial charge in [-0.15, -0.1) is 0 Å². The second-order valence-corrected chi connectivity index (χ2v) is 5.05. The van der Waals surface area contributed by atoms with Gasteiger partial charge in [-0.3, -0.25) is 4.79 Å². The van der Waals surface area contributed by atoms with E-state index in [0.717, 1.165) is 14.7 Å². The summed E-state index contributed by atoms with van der Waals surface area (Å²) in [5, 5.41) is 5.99. The van der Waals surface area contributed by atoms with Crippen molar-refractivity contribution in [2.45, 2.75) is 19.9 Å². The van der Waals surface area contributed by atoms with Gasteiger partial charge in [0.05, 0.1) is 5.56 Å². The van der Waals surface area contributed by atoms with Crippen LogP contribution in [0.3, 0.4) is 0 Å². The summed E-state index contributed by atoms with van der Waals surface area (Å²) in [7, 11) is 1.88. The van der Waals surface area contributed by atoms with Crippen LogP contribution in [0.25, 0.3) is 0 Å². The molecule has 0 saturated heterocycles. The zero-order valence-corrected chi connectivity index (χ0v) is 12.0. The Morgan fingerprint density at radius 3 is 2.81 bits per heavy atom. The Labute approximate surface area is 110 Å². The van der Waals surface area contributed by atoms with Crippen molar-refractivity contribution in [3.63, 3.8) is 0 Å². The first-order valence-corrected chi connectivity index (χ1v) is 6.34. The smallest absolute Gasteiger partial charge is 0.252 e. The van der Waals surface area contributed by atoms with E-state index in [0.29, 0.717) is 6.54 Å². The number of halogens is 1. The first-order valence-electron chi connectivity index (χ1n) is 5.26. The summed E-state index contributed by atoms with van der Waals surface area (Å²) in [5.74, 6) is -0.00444. The molecule has 88 valence electrons. The zero-order chi connectivity index (χ0) is 12.1. The van der Waals surface area contributed by atoms with Crippen molar-refractivity contribution in [3.8, 4) is 0 Å². The lowest BCUT2D eigenvalue weighted by atomic mass is 10.1. The maximum atomic E-state index is 11.9. The number of likely N-dealkylation sites (N-methyl/N-ethyl adjacent to an activating group) is 1. The van der Waals surface area contributed by atoms with Gasteiger partial charge in [0.2, 0.25) is 0 Å². The minimum absolute atomic E-state index is 0.00444. The third-order valence-corrected chi connectivity index (χ3v) is 3.37. The molecule has 0 aliphatic heterocycles. The third kappa shape index (κ3) is 3.75. The van der Waals surface area contributed by atoms with Gasteiger partial charge in [-0.2, -0.15) is 0 Å². The second-order valence-electron chi connectivity index (χ2n) is 3.88. The summed E-state index contributed by atoms with van der Waals surface area (Å²) in [6.07, 6.45) is 0. The van der Waals surface area contributed by atoms with Crippen LogP contribution in [0.1, 0.15) is 22.8 Å². The van der Waals surface area contributed by atoms with Crippen LogP contribution in [-0.2, 0) is 0 Å². The molecule has 0 heterocycles. The number of nitrogens with one attached hydrogen (secondary N) is 2. The number of carbonyl (C=O) groups excluding carboxylic acids is 1. The van der Waals surface area contributed by atoms with E-state index in [9.17, 15) is 4.79 Å². The van der Waals surface area contributed by atoms with Gasteiger partial charge in [0.25, 0.3) is 5.91 Å². The first kappa shape index (κ1) is 13.4. The molecule has 0 saturated carbocycles. The fraction of sp³-hybridized carbons (Fsp3) is 0.417. The Bertz CT molecular complexity index is 379. The molecular weight excluding hydrogens is 315 g/mol. The molecule has 1 aromatic carbocycles. The molecule has 16 heavy (non-hydrogen) atoms. The number of amides is 1. The Hall–Kier alpha value is -0.620.